The average Bonchev–Trinajstić information content (AvgIpc) is 2.58. The number of aromatic nitrogens is 2. The van der Waals surface area contributed by atoms with Crippen molar-refractivity contribution in [2.45, 2.75) is 13.3 Å². The number of hydrogen-bond donors (Lipinski definition) is 1. The van der Waals surface area contributed by atoms with Crippen molar-refractivity contribution in [2.24, 2.45) is 5.92 Å². The Kier molecular flexibility index (Phi) is 2.96. The van der Waals surface area contributed by atoms with Crippen LogP contribution in [0.25, 0.3) is 0 Å². The van der Waals surface area contributed by atoms with E-state index in [-0.39, 0.29) is 11.8 Å². The molecule has 1 aliphatic rings. The van der Waals surface area contributed by atoms with E-state index in [9.17, 15) is 4.79 Å². The van der Waals surface area contributed by atoms with Crippen LogP contribution >= 0.6 is 11.6 Å². The molecule has 5 nitrogen and oxygen atoms in total. The number of nitrogen functional groups attached to an aromatic ring is 1. The van der Waals surface area contributed by atoms with E-state index < -0.39 is 0 Å². The molecule has 2 heterocycles. The number of anilines is 2. The van der Waals surface area contributed by atoms with Gasteiger partial charge in [-0.3, -0.25) is 9.69 Å². The van der Waals surface area contributed by atoms with E-state index in [1.165, 1.54) is 0 Å². The molecule has 0 aromatic carbocycles. The molecule has 0 saturated carbocycles. The molecular formula is C10H13ClN4O. The van der Waals surface area contributed by atoms with Gasteiger partial charge in [-0.25, -0.2) is 4.98 Å². The zero-order valence-corrected chi connectivity index (χ0v) is 9.74. The molecule has 1 amide bonds. The molecule has 1 aliphatic heterocycles. The second-order valence-electron chi connectivity index (χ2n) is 3.96. The van der Waals surface area contributed by atoms with Crippen LogP contribution in [0.1, 0.15) is 12.1 Å². The molecule has 1 fully saturated rings. The van der Waals surface area contributed by atoms with Gasteiger partial charge in [0.05, 0.1) is 0 Å². The number of rotatable bonds is 2. The quantitative estimate of drug-likeness (QED) is 0.782. The van der Waals surface area contributed by atoms with E-state index in [2.05, 4.69) is 9.97 Å². The maximum Gasteiger partial charge on any atom is 0.234 e. The van der Waals surface area contributed by atoms with Crippen LogP contribution in [0.2, 0.25) is 0 Å². The maximum atomic E-state index is 11.7. The van der Waals surface area contributed by atoms with Gasteiger partial charge in [-0.2, -0.15) is 4.98 Å². The van der Waals surface area contributed by atoms with Crippen molar-refractivity contribution in [3.63, 3.8) is 0 Å². The van der Waals surface area contributed by atoms with E-state index in [4.69, 9.17) is 17.3 Å². The molecule has 16 heavy (non-hydrogen) atoms. The highest BCUT2D eigenvalue weighted by atomic mass is 35.5. The van der Waals surface area contributed by atoms with Crippen LogP contribution in [0.15, 0.2) is 6.07 Å². The highest BCUT2D eigenvalue weighted by molar-refractivity contribution is 6.18. The topological polar surface area (TPSA) is 72.1 Å². The number of alkyl halides is 1. The fraction of sp³-hybridized carbons (Fsp3) is 0.500. The molecule has 1 aromatic rings. The number of carbonyl (C=O) groups excluding carboxylic acids is 1. The number of nitrogens with zero attached hydrogens (tertiary/aromatic N) is 3. The van der Waals surface area contributed by atoms with E-state index in [0.717, 1.165) is 5.69 Å². The molecule has 86 valence electrons. The number of hydrogen-bond acceptors (Lipinski definition) is 4. The molecule has 0 radical (unpaired) electrons. The summed E-state index contributed by atoms with van der Waals surface area (Å²) in [5.74, 6) is 1.43. The number of nitrogens with two attached hydrogens (primary N) is 1. The van der Waals surface area contributed by atoms with E-state index in [1.807, 2.05) is 6.92 Å². The average molecular weight is 241 g/mol. The summed E-state index contributed by atoms with van der Waals surface area (Å²) in [5, 5.41) is 0. The summed E-state index contributed by atoms with van der Waals surface area (Å²) in [6.07, 6.45) is 0.459. The lowest BCUT2D eigenvalue weighted by atomic mass is 10.2. The van der Waals surface area contributed by atoms with Crippen LogP contribution in [-0.4, -0.2) is 28.3 Å². The fourth-order valence-electron chi connectivity index (χ4n) is 1.78. The minimum atomic E-state index is 0.00986. The van der Waals surface area contributed by atoms with Crippen molar-refractivity contribution in [1.29, 1.82) is 0 Å². The second kappa shape index (κ2) is 4.25. The third-order valence-corrected chi connectivity index (χ3v) is 2.96. The molecule has 1 atom stereocenters. The van der Waals surface area contributed by atoms with Gasteiger partial charge in [-0.1, -0.05) is 0 Å². The number of aryl methyl sites for hydroxylation is 1. The van der Waals surface area contributed by atoms with Crippen molar-refractivity contribution in [1.82, 2.24) is 9.97 Å². The first-order valence-electron chi connectivity index (χ1n) is 5.07. The van der Waals surface area contributed by atoms with Gasteiger partial charge in [0.2, 0.25) is 11.9 Å². The van der Waals surface area contributed by atoms with Crippen molar-refractivity contribution in [3.05, 3.63) is 11.8 Å². The van der Waals surface area contributed by atoms with Crippen LogP contribution in [0.5, 0.6) is 0 Å². The summed E-state index contributed by atoms with van der Waals surface area (Å²) in [6, 6.07) is 1.67. The Balaban J connectivity index is 2.27. The highest BCUT2D eigenvalue weighted by Crippen LogP contribution is 2.23. The lowest BCUT2D eigenvalue weighted by Gasteiger charge is -2.14. The Labute approximate surface area is 98.6 Å². The summed E-state index contributed by atoms with van der Waals surface area (Å²) in [4.78, 5) is 21.5. The third-order valence-electron chi connectivity index (χ3n) is 2.53. The Hall–Kier alpha value is -1.36. The molecule has 6 heteroatoms. The predicted octanol–water partition coefficient (Wildman–Crippen LogP) is 0.959. The van der Waals surface area contributed by atoms with E-state index in [0.29, 0.717) is 30.6 Å². The minimum absolute atomic E-state index is 0.00986. The van der Waals surface area contributed by atoms with Crippen LogP contribution < -0.4 is 10.6 Å². The first-order chi connectivity index (χ1) is 7.60. The molecule has 2 N–H and O–H groups in total. The Morgan fingerprint density at radius 3 is 2.94 bits per heavy atom. The van der Waals surface area contributed by atoms with Gasteiger partial charge in [0.1, 0.15) is 5.82 Å². The van der Waals surface area contributed by atoms with Gasteiger partial charge in [-0.05, 0) is 12.8 Å². The van der Waals surface area contributed by atoms with Crippen LogP contribution in [0.3, 0.4) is 0 Å². The third kappa shape index (κ3) is 2.09. The second-order valence-corrected chi connectivity index (χ2v) is 4.27. The highest BCUT2D eigenvalue weighted by Gasteiger charge is 2.31. The lowest BCUT2D eigenvalue weighted by molar-refractivity contribution is -0.117. The monoisotopic (exact) mass is 240 g/mol. The first-order valence-corrected chi connectivity index (χ1v) is 5.61. The van der Waals surface area contributed by atoms with Crippen LogP contribution in [-0.2, 0) is 4.79 Å². The van der Waals surface area contributed by atoms with Crippen LogP contribution in [0.4, 0.5) is 11.8 Å². The minimum Gasteiger partial charge on any atom is -0.384 e. The smallest absolute Gasteiger partial charge is 0.234 e. The summed E-state index contributed by atoms with van der Waals surface area (Å²) in [5.41, 5.74) is 6.38. The number of carbonyl (C=O) groups is 1. The summed E-state index contributed by atoms with van der Waals surface area (Å²) < 4.78 is 0. The fourth-order valence-corrected chi connectivity index (χ4v) is 1.98. The van der Waals surface area contributed by atoms with Crippen LogP contribution in [0, 0.1) is 12.8 Å². The summed E-state index contributed by atoms with van der Waals surface area (Å²) in [6.45, 7) is 2.40. The zero-order chi connectivity index (χ0) is 11.7. The van der Waals surface area contributed by atoms with Gasteiger partial charge in [0.25, 0.3) is 0 Å². The first kappa shape index (κ1) is 11.1. The standard InChI is InChI=1S/C10H13ClN4O/c1-6-2-8(12)14-10(13-6)15-5-7(4-11)3-9(15)16/h2,7H,3-5H2,1H3,(H2,12,13,14). The Bertz CT molecular complexity index is 403. The molecule has 2 rings (SSSR count). The predicted molar refractivity (Wildman–Crippen MR) is 62.4 cm³/mol. The SMILES string of the molecule is Cc1cc(N)nc(N2CC(CCl)CC2=O)n1. The molecule has 1 unspecified atom stereocenters. The van der Waals surface area contributed by atoms with Gasteiger partial charge in [0, 0.05) is 30.6 Å². The largest absolute Gasteiger partial charge is 0.384 e. The maximum absolute atomic E-state index is 11.7. The van der Waals surface area contributed by atoms with Crippen molar-refractivity contribution in [2.75, 3.05) is 23.1 Å². The Morgan fingerprint density at radius 1 is 1.62 bits per heavy atom. The van der Waals surface area contributed by atoms with E-state index >= 15 is 0 Å². The number of halogens is 1. The molecule has 0 aliphatic carbocycles. The zero-order valence-electron chi connectivity index (χ0n) is 8.98. The molecule has 1 saturated heterocycles. The summed E-state index contributed by atoms with van der Waals surface area (Å²) >= 11 is 5.74. The lowest BCUT2D eigenvalue weighted by Crippen LogP contribution is -2.27. The molecule has 1 aromatic heterocycles. The van der Waals surface area contributed by atoms with E-state index in [1.54, 1.807) is 11.0 Å². The van der Waals surface area contributed by atoms with Crippen molar-refractivity contribution in [3.8, 4) is 0 Å². The molecule has 0 bridgehead atoms. The molecular weight excluding hydrogens is 228 g/mol. The van der Waals surface area contributed by atoms with Crippen molar-refractivity contribution >= 4 is 29.3 Å². The van der Waals surface area contributed by atoms with Gasteiger partial charge in [-0.15, -0.1) is 11.6 Å². The normalized spacial score (nSPS) is 20.5. The summed E-state index contributed by atoms with van der Waals surface area (Å²) in [7, 11) is 0. The van der Waals surface area contributed by atoms with Gasteiger partial charge in [0.15, 0.2) is 0 Å². The van der Waals surface area contributed by atoms with Crippen molar-refractivity contribution < 1.29 is 4.79 Å². The van der Waals surface area contributed by atoms with Gasteiger partial charge >= 0.3 is 0 Å². The molecule has 0 spiro atoms. The number of amides is 1. The Morgan fingerprint density at radius 2 is 2.38 bits per heavy atom. The van der Waals surface area contributed by atoms with Gasteiger partial charge < -0.3 is 5.73 Å².